The second-order valence-electron chi connectivity index (χ2n) is 4.15. The van der Waals surface area contributed by atoms with Gasteiger partial charge in [-0.3, -0.25) is 0 Å². The summed E-state index contributed by atoms with van der Waals surface area (Å²) < 4.78 is 12.2. The maximum absolute atomic E-state index is 8.79. The lowest BCUT2D eigenvalue weighted by Gasteiger charge is -2.08. The molecule has 0 aliphatic heterocycles. The number of benzene rings is 2. The van der Waals surface area contributed by atoms with Crippen LogP contribution in [0.3, 0.4) is 0 Å². The highest BCUT2D eigenvalue weighted by atomic mass is 79.9. The van der Waals surface area contributed by atoms with Gasteiger partial charge < -0.3 is 9.47 Å². The zero-order valence-electron chi connectivity index (χ0n) is 10.9. The number of hydrogen-bond donors (Lipinski definition) is 0. The first-order chi connectivity index (χ1) is 9.78. The Morgan fingerprint density at radius 1 is 0.950 bits per heavy atom. The molecule has 0 aliphatic rings. The molecule has 2 aromatic rings. The molecule has 0 amide bonds. The van der Waals surface area contributed by atoms with Crippen molar-refractivity contribution in [3.05, 3.63) is 58.6 Å². The summed E-state index contributed by atoms with van der Waals surface area (Å²) in [5.41, 5.74) is 0.605. The van der Waals surface area contributed by atoms with Crippen molar-refractivity contribution in [1.29, 1.82) is 5.26 Å². The lowest BCUT2D eigenvalue weighted by Crippen LogP contribution is -2.05. The van der Waals surface area contributed by atoms with Crippen molar-refractivity contribution in [2.75, 3.05) is 13.2 Å². The molecule has 0 unspecified atom stereocenters. The third-order valence-electron chi connectivity index (χ3n) is 2.59. The largest absolute Gasteiger partial charge is 0.493 e. The molecule has 0 heterocycles. The highest BCUT2D eigenvalue weighted by Crippen LogP contribution is 2.18. The van der Waals surface area contributed by atoms with E-state index in [0.717, 1.165) is 16.6 Å². The summed E-state index contributed by atoms with van der Waals surface area (Å²) in [6, 6.07) is 17.0. The van der Waals surface area contributed by atoms with E-state index in [1.165, 1.54) is 0 Å². The zero-order valence-corrected chi connectivity index (χ0v) is 12.5. The maximum atomic E-state index is 8.79. The van der Waals surface area contributed by atoms with Crippen LogP contribution in [0.2, 0.25) is 0 Å². The smallest absolute Gasteiger partial charge is 0.120 e. The Bertz CT molecular complexity index is 607. The van der Waals surface area contributed by atoms with Crippen molar-refractivity contribution in [2.45, 2.75) is 6.42 Å². The van der Waals surface area contributed by atoms with Gasteiger partial charge in [0, 0.05) is 10.9 Å². The Labute approximate surface area is 126 Å². The third kappa shape index (κ3) is 4.60. The minimum absolute atomic E-state index is 0.558. The van der Waals surface area contributed by atoms with E-state index in [1.807, 2.05) is 36.4 Å². The molecule has 0 saturated heterocycles. The van der Waals surface area contributed by atoms with Crippen molar-refractivity contribution >= 4 is 15.9 Å². The van der Waals surface area contributed by atoms with Crippen LogP contribution < -0.4 is 9.47 Å². The summed E-state index contributed by atoms with van der Waals surface area (Å²) in [6.07, 6.45) is 0.781. The van der Waals surface area contributed by atoms with Gasteiger partial charge in [-0.25, -0.2) is 0 Å². The number of nitrogens with zero attached hydrogens (tertiary/aromatic N) is 1. The molecule has 0 saturated carbocycles. The van der Waals surface area contributed by atoms with Crippen LogP contribution in [0.15, 0.2) is 53.0 Å². The fourth-order valence-corrected chi connectivity index (χ4v) is 2.03. The van der Waals surface area contributed by atoms with Gasteiger partial charge in [-0.2, -0.15) is 5.26 Å². The molecule has 0 bridgehead atoms. The van der Waals surface area contributed by atoms with Crippen molar-refractivity contribution in [1.82, 2.24) is 0 Å². The van der Waals surface area contributed by atoms with E-state index in [0.29, 0.717) is 24.5 Å². The summed E-state index contributed by atoms with van der Waals surface area (Å²) in [4.78, 5) is 0. The monoisotopic (exact) mass is 331 g/mol. The second kappa shape index (κ2) is 7.56. The first-order valence-corrected chi connectivity index (χ1v) is 7.08. The molecule has 0 fully saturated rings. The topological polar surface area (TPSA) is 42.2 Å². The van der Waals surface area contributed by atoms with Gasteiger partial charge >= 0.3 is 0 Å². The summed E-state index contributed by atoms with van der Waals surface area (Å²) >= 11 is 3.40. The molecule has 0 N–H and O–H groups in total. The van der Waals surface area contributed by atoms with Gasteiger partial charge in [0.15, 0.2) is 0 Å². The Kier molecular flexibility index (Phi) is 5.45. The molecule has 102 valence electrons. The van der Waals surface area contributed by atoms with Crippen LogP contribution in [-0.2, 0) is 0 Å². The van der Waals surface area contributed by atoms with Gasteiger partial charge in [-0.1, -0.05) is 28.1 Å². The predicted molar refractivity (Wildman–Crippen MR) is 80.9 cm³/mol. The molecule has 3 nitrogen and oxygen atoms in total. The van der Waals surface area contributed by atoms with Crippen LogP contribution in [0.25, 0.3) is 0 Å². The molecular formula is C16H14BrNO2. The molecule has 4 heteroatoms. The molecule has 2 rings (SSSR count). The van der Waals surface area contributed by atoms with Crippen LogP contribution in [0, 0.1) is 11.3 Å². The number of ether oxygens (including phenoxy) is 2. The van der Waals surface area contributed by atoms with Crippen LogP contribution in [-0.4, -0.2) is 13.2 Å². The van der Waals surface area contributed by atoms with E-state index >= 15 is 0 Å². The van der Waals surface area contributed by atoms with Crippen molar-refractivity contribution in [3.8, 4) is 17.6 Å². The fourth-order valence-electron chi connectivity index (χ4n) is 1.65. The highest BCUT2D eigenvalue weighted by Gasteiger charge is 1.97. The summed E-state index contributed by atoms with van der Waals surface area (Å²) in [5, 5.41) is 8.79. The van der Waals surface area contributed by atoms with Crippen LogP contribution in [0.4, 0.5) is 0 Å². The van der Waals surface area contributed by atoms with Crippen LogP contribution in [0.1, 0.15) is 12.0 Å². The number of halogens is 1. The van der Waals surface area contributed by atoms with Crippen molar-refractivity contribution in [3.63, 3.8) is 0 Å². The van der Waals surface area contributed by atoms with E-state index in [4.69, 9.17) is 14.7 Å². The standard InChI is InChI=1S/C16H14BrNO2/c17-14-5-2-7-16(11-14)20-9-3-8-19-15-6-1-4-13(10-15)12-18/h1-2,4-7,10-11H,3,8-9H2. The first kappa shape index (κ1) is 14.4. The van der Waals surface area contributed by atoms with E-state index in [2.05, 4.69) is 22.0 Å². The number of hydrogen-bond acceptors (Lipinski definition) is 3. The number of nitriles is 1. The lowest BCUT2D eigenvalue weighted by molar-refractivity contribution is 0.247. The average molecular weight is 332 g/mol. The van der Waals surface area contributed by atoms with Gasteiger partial charge in [0.25, 0.3) is 0 Å². The van der Waals surface area contributed by atoms with Gasteiger partial charge in [0.05, 0.1) is 24.8 Å². The summed E-state index contributed by atoms with van der Waals surface area (Å²) in [6.45, 7) is 1.15. The molecule has 0 spiro atoms. The Hall–Kier alpha value is -1.99. The molecule has 0 atom stereocenters. The molecular weight excluding hydrogens is 318 g/mol. The van der Waals surface area contributed by atoms with E-state index in [-0.39, 0.29) is 0 Å². The molecule has 0 aliphatic carbocycles. The Morgan fingerprint density at radius 2 is 1.60 bits per heavy atom. The lowest BCUT2D eigenvalue weighted by atomic mass is 10.2. The maximum Gasteiger partial charge on any atom is 0.120 e. The Balaban J connectivity index is 1.70. The minimum atomic E-state index is 0.558. The SMILES string of the molecule is N#Cc1cccc(OCCCOc2cccc(Br)c2)c1. The van der Waals surface area contributed by atoms with Crippen LogP contribution in [0.5, 0.6) is 11.5 Å². The summed E-state index contributed by atoms with van der Waals surface area (Å²) in [5.74, 6) is 1.55. The normalized spacial score (nSPS) is 9.80. The third-order valence-corrected chi connectivity index (χ3v) is 3.08. The molecule has 2 aromatic carbocycles. The average Bonchev–Trinajstić information content (AvgIpc) is 2.47. The predicted octanol–water partition coefficient (Wildman–Crippen LogP) is 4.17. The number of rotatable bonds is 6. The van der Waals surface area contributed by atoms with E-state index in [1.54, 1.807) is 12.1 Å². The van der Waals surface area contributed by atoms with Crippen molar-refractivity contribution < 1.29 is 9.47 Å². The molecule has 0 radical (unpaired) electrons. The van der Waals surface area contributed by atoms with Gasteiger partial charge in [-0.15, -0.1) is 0 Å². The quantitative estimate of drug-likeness (QED) is 0.746. The first-order valence-electron chi connectivity index (χ1n) is 6.29. The Morgan fingerprint density at radius 3 is 2.25 bits per heavy atom. The second-order valence-corrected chi connectivity index (χ2v) is 5.06. The van der Waals surface area contributed by atoms with E-state index in [9.17, 15) is 0 Å². The van der Waals surface area contributed by atoms with E-state index < -0.39 is 0 Å². The highest BCUT2D eigenvalue weighted by molar-refractivity contribution is 9.10. The molecule has 0 aromatic heterocycles. The molecule has 20 heavy (non-hydrogen) atoms. The van der Waals surface area contributed by atoms with Crippen LogP contribution >= 0.6 is 15.9 Å². The van der Waals surface area contributed by atoms with Gasteiger partial charge in [0.1, 0.15) is 11.5 Å². The fraction of sp³-hybridized carbons (Fsp3) is 0.188. The van der Waals surface area contributed by atoms with Gasteiger partial charge in [-0.05, 0) is 36.4 Å². The van der Waals surface area contributed by atoms with Crippen molar-refractivity contribution in [2.24, 2.45) is 0 Å². The summed E-state index contributed by atoms with van der Waals surface area (Å²) in [7, 11) is 0. The minimum Gasteiger partial charge on any atom is -0.493 e. The zero-order chi connectivity index (χ0) is 14.2. The van der Waals surface area contributed by atoms with Gasteiger partial charge in [0.2, 0.25) is 0 Å².